The van der Waals surface area contributed by atoms with Gasteiger partial charge >= 0.3 is 6.61 Å². The van der Waals surface area contributed by atoms with Gasteiger partial charge in [-0.3, -0.25) is 4.90 Å². The molecule has 0 spiro atoms. The molecule has 0 aromatic heterocycles. The summed E-state index contributed by atoms with van der Waals surface area (Å²) in [6, 6.07) is 10.3. The number of hydrogen-bond acceptors (Lipinski definition) is 6. The Labute approximate surface area is 181 Å². The van der Waals surface area contributed by atoms with E-state index in [4.69, 9.17) is 14.2 Å². The molecule has 1 atom stereocenters. The molecule has 0 saturated carbocycles. The molecule has 6 nitrogen and oxygen atoms in total. The van der Waals surface area contributed by atoms with Gasteiger partial charge in [-0.2, -0.15) is 8.78 Å². The second-order valence-corrected chi connectivity index (χ2v) is 6.94. The Kier molecular flexibility index (Phi) is 9.55. The molecule has 170 valence electrons. The van der Waals surface area contributed by atoms with Gasteiger partial charge in [0, 0.05) is 13.1 Å². The third-order valence-corrected chi connectivity index (χ3v) is 4.40. The minimum atomic E-state index is -2.92. The Bertz CT molecular complexity index is 860. The van der Waals surface area contributed by atoms with E-state index in [1.807, 2.05) is 43.2 Å². The Hall–Kier alpha value is -2.84. The van der Waals surface area contributed by atoms with E-state index in [1.165, 1.54) is 13.2 Å². The molecule has 1 N–H and O–H groups in total. The minimum Gasteiger partial charge on any atom is -0.493 e. The van der Waals surface area contributed by atoms with Crippen molar-refractivity contribution in [3.05, 3.63) is 53.6 Å². The summed E-state index contributed by atoms with van der Waals surface area (Å²) >= 11 is 0. The topological polar surface area (TPSA) is 60.4 Å². The van der Waals surface area contributed by atoms with Crippen LogP contribution in [0.4, 0.5) is 8.78 Å². The zero-order chi connectivity index (χ0) is 22.8. The molecule has 31 heavy (non-hydrogen) atoms. The Morgan fingerprint density at radius 2 is 1.68 bits per heavy atom. The number of allylic oxidation sites excluding steroid dienone is 1. The maximum atomic E-state index is 12.5. The van der Waals surface area contributed by atoms with Crippen LogP contribution in [0.15, 0.2) is 42.5 Å². The molecule has 0 aliphatic heterocycles. The van der Waals surface area contributed by atoms with Gasteiger partial charge in [0.2, 0.25) is 0 Å². The highest BCUT2D eigenvalue weighted by molar-refractivity contribution is 5.55. The molecule has 2 aromatic rings. The van der Waals surface area contributed by atoms with E-state index in [-0.39, 0.29) is 18.1 Å². The first kappa shape index (κ1) is 24.4. The van der Waals surface area contributed by atoms with Crippen LogP contribution in [0.2, 0.25) is 0 Å². The highest BCUT2D eigenvalue weighted by Crippen LogP contribution is 2.30. The summed E-state index contributed by atoms with van der Waals surface area (Å²) in [7, 11) is 4.80. The van der Waals surface area contributed by atoms with Crippen molar-refractivity contribution in [3.63, 3.8) is 0 Å². The standard InChI is InChI=1S/C23H29F2NO5/c1-5-6-16-7-9-19(21(11-16)28-3)30-15-18(27)14-26(2)13-17-8-10-20(31-23(24)25)22(12-17)29-4/h5-12,18,23,27H,13-15H2,1-4H3/b6-5+/t18-/m1/s1. The van der Waals surface area contributed by atoms with Gasteiger partial charge in [-0.25, -0.2) is 0 Å². The molecule has 8 heteroatoms. The van der Waals surface area contributed by atoms with Crippen molar-refractivity contribution in [2.24, 2.45) is 0 Å². The molecule has 2 rings (SSSR count). The fourth-order valence-electron chi connectivity index (χ4n) is 3.08. The predicted molar refractivity (Wildman–Crippen MR) is 115 cm³/mol. The van der Waals surface area contributed by atoms with E-state index in [9.17, 15) is 13.9 Å². The maximum Gasteiger partial charge on any atom is 0.387 e. The number of aliphatic hydroxyl groups excluding tert-OH is 1. The number of hydrogen-bond donors (Lipinski definition) is 1. The van der Waals surface area contributed by atoms with Crippen LogP contribution in [0.3, 0.4) is 0 Å². The third kappa shape index (κ3) is 7.73. The van der Waals surface area contributed by atoms with Gasteiger partial charge in [-0.1, -0.05) is 24.3 Å². The molecule has 0 fully saturated rings. The van der Waals surface area contributed by atoms with E-state index in [0.29, 0.717) is 24.6 Å². The van der Waals surface area contributed by atoms with Crippen LogP contribution in [0, 0.1) is 0 Å². The number of alkyl halides is 2. The van der Waals surface area contributed by atoms with Crippen molar-refractivity contribution in [3.8, 4) is 23.0 Å². The summed E-state index contributed by atoms with van der Waals surface area (Å²) < 4.78 is 45.5. The zero-order valence-electron chi connectivity index (χ0n) is 18.2. The average molecular weight is 437 g/mol. The van der Waals surface area contributed by atoms with Crippen molar-refractivity contribution in [1.29, 1.82) is 0 Å². The van der Waals surface area contributed by atoms with Gasteiger partial charge in [0.05, 0.1) is 14.2 Å². The van der Waals surface area contributed by atoms with Crippen LogP contribution in [0.1, 0.15) is 18.1 Å². The van der Waals surface area contributed by atoms with Crippen molar-refractivity contribution >= 4 is 6.08 Å². The number of ether oxygens (including phenoxy) is 4. The number of benzene rings is 2. The first-order valence-corrected chi connectivity index (χ1v) is 9.78. The summed E-state index contributed by atoms with van der Waals surface area (Å²) in [4.78, 5) is 1.89. The lowest BCUT2D eigenvalue weighted by Gasteiger charge is -2.22. The first-order valence-electron chi connectivity index (χ1n) is 9.78. The van der Waals surface area contributed by atoms with E-state index in [2.05, 4.69) is 4.74 Å². The Morgan fingerprint density at radius 3 is 2.32 bits per heavy atom. The van der Waals surface area contributed by atoms with Crippen LogP contribution >= 0.6 is 0 Å². The van der Waals surface area contributed by atoms with Crippen molar-refractivity contribution < 1.29 is 32.8 Å². The van der Waals surface area contributed by atoms with Gasteiger partial charge < -0.3 is 24.1 Å². The van der Waals surface area contributed by atoms with Gasteiger partial charge in [0.15, 0.2) is 23.0 Å². The zero-order valence-corrected chi connectivity index (χ0v) is 18.2. The van der Waals surface area contributed by atoms with Gasteiger partial charge in [0.1, 0.15) is 12.7 Å². The normalized spacial score (nSPS) is 12.4. The number of rotatable bonds is 12. The van der Waals surface area contributed by atoms with Gasteiger partial charge in [-0.05, 0) is 49.4 Å². The summed E-state index contributed by atoms with van der Waals surface area (Å²) in [6.07, 6.45) is 3.15. The van der Waals surface area contributed by atoms with Crippen LogP contribution in [-0.2, 0) is 6.54 Å². The minimum absolute atomic E-state index is 0.0215. The largest absolute Gasteiger partial charge is 0.493 e. The molecule has 0 heterocycles. The van der Waals surface area contributed by atoms with Crippen LogP contribution in [0.25, 0.3) is 6.08 Å². The lowest BCUT2D eigenvalue weighted by atomic mass is 10.2. The summed E-state index contributed by atoms with van der Waals surface area (Å²) in [5.74, 6) is 1.35. The lowest BCUT2D eigenvalue weighted by molar-refractivity contribution is -0.0512. The number of aliphatic hydroxyl groups is 1. The molecule has 0 radical (unpaired) electrons. The molecule has 2 aromatic carbocycles. The average Bonchev–Trinajstić information content (AvgIpc) is 2.73. The summed E-state index contributed by atoms with van der Waals surface area (Å²) in [6.45, 7) is -0.0737. The van der Waals surface area contributed by atoms with Gasteiger partial charge in [0.25, 0.3) is 0 Å². The van der Waals surface area contributed by atoms with Crippen LogP contribution in [-0.4, -0.2) is 57.1 Å². The number of nitrogens with zero attached hydrogens (tertiary/aromatic N) is 1. The molecule has 0 amide bonds. The molecule has 0 aliphatic carbocycles. The summed E-state index contributed by atoms with van der Waals surface area (Å²) in [5.41, 5.74) is 1.82. The quantitative estimate of drug-likeness (QED) is 0.537. The summed E-state index contributed by atoms with van der Waals surface area (Å²) in [5, 5.41) is 10.4. The fraction of sp³-hybridized carbons (Fsp3) is 0.391. The fourth-order valence-corrected chi connectivity index (χ4v) is 3.08. The smallest absolute Gasteiger partial charge is 0.387 e. The van der Waals surface area contributed by atoms with Crippen molar-refractivity contribution in [2.75, 3.05) is 34.4 Å². The van der Waals surface area contributed by atoms with Crippen LogP contribution in [0.5, 0.6) is 23.0 Å². The van der Waals surface area contributed by atoms with E-state index < -0.39 is 12.7 Å². The Morgan fingerprint density at radius 1 is 1.00 bits per heavy atom. The van der Waals surface area contributed by atoms with E-state index >= 15 is 0 Å². The third-order valence-electron chi connectivity index (χ3n) is 4.40. The number of halogens is 2. The molecule has 0 saturated heterocycles. The highest BCUT2D eigenvalue weighted by atomic mass is 19.3. The Balaban J connectivity index is 1.91. The number of likely N-dealkylation sites (N-methyl/N-ethyl adjacent to an activating group) is 1. The van der Waals surface area contributed by atoms with Gasteiger partial charge in [-0.15, -0.1) is 0 Å². The first-order chi connectivity index (χ1) is 14.9. The van der Waals surface area contributed by atoms with E-state index in [0.717, 1.165) is 11.1 Å². The molecule has 0 unspecified atom stereocenters. The monoisotopic (exact) mass is 437 g/mol. The predicted octanol–water partition coefficient (Wildman–Crippen LogP) is 4.21. The molecular formula is C23H29F2NO5. The number of methoxy groups -OCH3 is 2. The second-order valence-electron chi connectivity index (χ2n) is 6.94. The van der Waals surface area contributed by atoms with Crippen molar-refractivity contribution in [1.82, 2.24) is 4.90 Å². The highest BCUT2D eigenvalue weighted by Gasteiger charge is 2.14. The molecule has 0 bridgehead atoms. The van der Waals surface area contributed by atoms with E-state index in [1.54, 1.807) is 25.3 Å². The SMILES string of the molecule is C/C=C/c1ccc(OC[C@H](O)CN(C)Cc2ccc(OC(F)F)c(OC)c2)c(OC)c1. The van der Waals surface area contributed by atoms with Crippen molar-refractivity contribution in [2.45, 2.75) is 26.2 Å². The molecular weight excluding hydrogens is 408 g/mol. The second kappa shape index (κ2) is 12.1. The van der Waals surface area contributed by atoms with Crippen LogP contribution < -0.4 is 18.9 Å². The maximum absolute atomic E-state index is 12.5. The molecule has 0 aliphatic rings. The lowest BCUT2D eigenvalue weighted by Crippen LogP contribution is -2.32.